The van der Waals surface area contributed by atoms with Crippen LogP contribution in [0.15, 0.2) is 54.6 Å². The first kappa shape index (κ1) is 18.9. The lowest BCUT2D eigenvalue weighted by Gasteiger charge is -2.01. The number of non-ortho nitro benzene ring substituents is 1. The van der Waals surface area contributed by atoms with Crippen LogP contribution < -0.4 is 0 Å². The van der Waals surface area contributed by atoms with Crippen molar-refractivity contribution >= 4 is 17.4 Å². The molecule has 0 spiro atoms. The summed E-state index contributed by atoms with van der Waals surface area (Å²) in [5.74, 6) is -0.907. The first-order chi connectivity index (χ1) is 13.5. The highest BCUT2D eigenvalue weighted by Crippen LogP contribution is 2.25. The monoisotopic (exact) mass is 380 g/mol. The van der Waals surface area contributed by atoms with Gasteiger partial charge in [0.15, 0.2) is 12.2 Å². The molecule has 0 amide bonds. The molecule has 0 aliphatic rings. The van der Waals surface area contributed by atoms with Crippen LogP contribution in [0.2, 0.25) is 0 Å². The second-order valence-corrected chi connectivity index (χ2v) is 5.73. The van der Waals surface area contributed by atoms with E-state index in [1.54, 1.807) is 37.3 Å². The second kappa shape index (κ2) is 8.21. The minimum Gasteiger partial charge on any atom is -0.465 e. The summed E-state index contributed by atoms with van der Waals surface area (Å²) in [4.78, 5) is 36.1. The van der Waals surface area contributed by atoms with Crippen molar-refractivity contribution in [2.24, 2.45) is 0 Å². The summed E-state index contributed by atoms with van der Waals surface area (Å²) >= 11 is 0. The van der Waals surface area contributed by atoms with Gasteiger partial charge in [-0.15, -0.1) is 5.10 Å². The third-order valence-electron chi connectivity index (χ3n) is 3.83. The van der Waals surface area contributed by atoms with Crippen molar-refractivity contribution in [3.63, 3.8) is 0 Å². The topological polar surface area (TPSA) is 117 Å². The molecule has 9 heteroatoms. The number of benzene rings is 2. The Kier molecular flexibility index (Phi) is 5.54. The molecule has 3 rings (SSSR count). The molecule has 1 aromatic heterocycles. The van der Waals surface area contributed by atoms with E-state index in [0.717, 1.165) is 4.80 Å². The summed E-state index contributed by atoms with van der Waals surface area (Å²) in [6.45, 7) is 1.64. The highest BCUT2D eigenvalue weighted by molar-refractivity contribution is 6.10. The van der Waals surface area contributed by atoms with Crippen molar-refractivity contribution in [2.45, 2.75) is 13.5 Å². The fourth-order valence-corrected chi connectivity index (χ4v) is 2.56. The lowest BCUT2D eigenvalue weighted by Crippen LogP contribution is -2.16. The summed E-state index contributed by atoms with van der Waals surface area (Å²) in [5, 5.41) is 19.3. The summed E-state index contributed by atoms with van der Waals surface area (Å²) in [5.41, 5.74) is 1.07. The Morgan fingerprint density at radius 3 is 2.36 bits per heavy atom. The maximum Gasteiger partial charge on any atom is 0.329 e. The van der Waals surface area contributed by atoms with Gasteiger partial charge in [-0.05, 0) is 19.1 Å². The summed E-state index contributed by atoms with van der Waals surface area (Å²) in [7, 11) is 0. The Balaban J connectivity index is 2.03. The van der Waals surface area contributed by atoms with E-state index in [-0.39, 0.29) is 36.0 Å². The maximum atomic E-state index is 12.9. The van der Waals surface area contributed by atoms with Gasteiger partial charge in [0.1, 0.15) is 5.69 Å². The highest BCUT2D eigenvalue weighted by Gasteiger charge is 2.23. The molecule has 1 heterocycles. The van der Waals surface area contributed by atoms with E-state index in [4.69, 9.17) is 4.74 Å². The number of carbonyl (C=O) groups excluding carboxylic acids is 2. The van der Waals surface area contributed by atoms with Gasteiger partial charge >= 0.3 is 5.97 Å². The average Bonchev–Trinajstić information content (AvgIpc) is 3.12. The van der Waals surface area contributed by atoms with Crippen LogP contribution in [0.3, 0.4) is 0 Å². The SMILES string of the molecule is CCOC(=O)Cn1nc(C(=O)c2ccccc2)c(-c2ccc([N+](=O)[O-])cc2)n1. The Labute approximate surface area is 159 Å². The fourth-order valence-electron chi connectivity index (χ4n) is 2.56. The van der Waals surface area contributed by atoms with Gasteiger partial charge in [-0.1, -0.05) is 30.3 Å². The van der Waals surface area contributed by atoms with Crippen LogP contribution >= 0.6 is 0 Å². The number of hydrogen-bond acceptors (Lipinski definition) is 7. The predicted octanol–water partition coefficient (Wildman–Crippen LogP) is 2.65. The van der Waals surface area contributed by atoms with E-state index in [1.807, 2.05) is 0 Å². The normalized spacial score (nSPS) is 10.5. The molecule has 0 saturated carbocycles. The molecule has 0 atom stereocenters. The molecule has 0 N–H and O–H groups in total. The molecular weight excluding hydrogens is 364 g/mol. The van der Waals surface area contributed by atoms with Crippen molar-refractivity contribution in [1.82, 2.24) is 15.0 Å². The number of ether oxygens (including phenoxy) is 1. The number of hydrogen-bond donors (Lipinski definition) is 0. The number of ketones is 1. The highest BCUT2D eigenvalue weighted by atomic mass is 16.6. The average molecular weight is 380 g/mol. The van der Waals surface area contributed by atoms with Crippen LogP contribution in [0.5, 0.6) is 0 Å². The smallest absolute Gasteiger partial charge is 0.329 e. The third kappa shape index (κ3) is 4.09. The van der Waals surface area contributed by atoms with E-state index < -0.39 is 10.9 Å². The summed E-state index contributed by atoms with van der Waals surface area (Å²) in [6, 6.07) is 14.1. The first-order valence-corrected chi connectivity index (χ1v) is 8.45. The van der Waals surface area contributed by atoms with Gasteiger partial charge in [-0.3, -0.25) is 14.9 Å². The van der Waals surface area contributed by atoms with Crippen molar-refractivity contribution in [2.75, 3.05) is 6.61 Å². The standard InChI is InChI=1S/C19H16N4O5/c1-2-28-16(24)12-22-20-17(13-8-10-15(11-9-13)23(26)27)18(21-22)19(25)14-6-4-3-5-7-14/h3-11H,2,12H2,1H3. The van der Waals surface area contributed by atoms with E-state index in [0.29, 0.717) is 11.1 Å². The van der Waals surface area contributed by atoms with Crippen molar-refractivity contribution < 1.29 is 19.2 Å². The molecule has 3 aromatic rings. The van der Waals surface area contributed by atoms with Crippen LogP contribution in [0.1, 0.15) is 23.0 Å². The van der Waals surface area contributed by atoms with E-state index in [2.05, 4.69) is 10.2 Å². The zero-order valence-electron chi connectivity index (χ0n) is 14.9. The molecule has 0 radical (unpaired) electrons. The van der Waals surface area contributed by atoms with E-state index in [1.165, 1.54) is 24.3 Å². The molecule has 0 bridgehead atoms. The van der Waals surface area contributed by atoms with Gasteiger partial charge in [0, 0.05) is 23.3 Å². The van der Waals surface area contributed by atoms with Gasteiger partial charge in [0.2, 0.25) is 5.78 Å². The summed E-state index contributed by atoms with van der Waals surface area (Å²) in [6.07, 6.45) is 0. The number of nitro benzene ring substituents is 1. The predicted molar refractivity (Wildman–Crippen MR) is 98.6 cm³/mol. The van der Waals surface area contributed by atoms with Crippen molar-refractivity contribution in [3.05, 3.63) is 76.0 Å². The number of carbonyl (C=O) groups is 2. The zero-order valence-corrected chi connectivity index (χ0v) is 14.9. The lowest BCUT2D eigenvalue weighted by molar-refractivity contribution is -0.384. The van der Waals surface area contributed by atoms with Crippen molar-refractivity contribution in [1.29, 1.82) is 0 Å². The van der Waals surface area contributed by atoms with E-state index >= 15 is 0 Å². The van der Waals surface area contributed by atoms with Crippen LogP contribution in [-0.4, -0.2) is 38.3 Å². The Morgan fingerprint density at radius 1 is 1.07 bits per heavy atom. The van der Waals surface area contributed by atoms with Crippen LogP contribution in [0.25, 0.3) is 11.3 Å². The van der Waals surface area contributed by atoms with Gasteiger partial charge in [0.05, 0.1) is 11.5 Å². The maximum absolute atomic E-state index is 12.9. The Hall–Kier alpha value is -3.88. The van der Waals surface area contributed by atoms with Crippen LogP contribution in [0.4, 0.5) is 5.69 Å². The molecule has 9 nitrogen and oxygen atoms in total. The second-order valence-electron chi connectivity index (χ2n) is 5.73. The molecule has 0 unspecified atom stereocenters. The minimum absolute atomic E-state index is 0.0457. The van der Waals surface area contributed by atoms with Gasteiger partial charge in [-0.2, -0.15) is 9.90 Å². The third-order valence-corrected chi connectivity index (χ3v) is 3.83. The molecule has 0 aliphatic carbocycles. The lowest BCUT2D eigenvalue weighted by atomic mass is 10.0. The molecule has 2 aromatic carbocycles. The van der Waals surface area contributed by atoms with Gasteiger partial charge < -0.3 is 4.74 Å². The van der Waals surface area contributed by atoms with Gasteiger partial charge in [-0.25, -0.2) is 4.79 Å². The molecule has 0 fully saturated rings. The molecular formula is C19H16N4O5. The fraction of sp³-hybridized carbons (Fsp3) is 0.158. The largest absolute Gasteiger partial charge is 0.465 e. The van der Waals surface area contributed by atoms with Gasteiger partial charge in [0.25, 0.3) is 5.69 Å². The number of nitro groups is 1. The number of nitrogens with zero attached hydrogens (tertiary/aromatic N) is 4. The Bertz CT molecular complexity index is 1010. The number of esters is 1. The van der Waals surface area contributed by atoms with E-state index in [9.17, 15) is 19.7 Å². The quantitative estimate of drug-likeness (QED) is 0.268. The molecule has 0 aliphatic heterocycles. The minimum atomic E-state index is -0.536. The molecule has 0 saturated heterocycles. The molecule has 142 valence electrons. The number of rotatable bonds is 7. The number of aromatic nitrogens is 3. The summed E-state index contributed by atoms with van der Waals surface area (Å²) < 4.78 is 4.89. The van der Waals surface area contributed by atoms with Crippen LogP contribution in [-0.2, 0) is 16.1 Å². The van der Waals surface area contributed by atoms with Crippen molar-refractivity contribution in [3.8, 4) is 11.3 Å². The zero-order chi connectivity index (χ0) is 20.1. The first-order valence-electron chi connectivity index (χ1n) is 8.45. The van der Waals surface area contributed by atoms with Crippen LogP contribution in [0, 0.1) is 10.1 Å². The Morgan fingerprint density at radius 2 is 1.75 bits per heavy atom. The molecule has 28 heavy (non-hydrogen) atoms.